The normalized spacial score (nSPS) is 19.0. The van der Waals surface area contributed by atoms with Crippen molar-refractivity contribution in [2.24, 2.45) is 4.99 Å². The first kappa shape index (κ1) is 23.0. The van der Waals surface area contributed by atoms with Crippen LogP contribution >= 0.6 is 11.8 Å². The number of ether oxygens (including phenoxy) is 4. The molecule has 1 unspecified atom stereocenters. The van der Waals surface area contributed by atoms with Crippen molar-refractivity contribution < 1.29 is 28.5 Å². The molecule has 0 N–H and O–H groups in total. The Hall–Kier alpha value is -3.72. The van der Waals surface area contributed by atoms with Gasteiger partial charge in [0.25, 0.3) is 5.91 Å². The van der Waals surface area contributed by atoms with E-state index in [1.165, 1.54) is 16.7 Å². The summed E-state index contributed by atoms with van der Waals surface area (Å²) in [6.07, 6.45) is 1.56. The number of amides is 1. The number of allylic oxidation sites excluding steroid dienone is 1. The van der Waals surface area contributed by atoms with Gasteiger partial charge in [0.15, 0.2) is 16.7 Å². The van der Waals surface area contributed by atoms with E-state index < -0.39 is 12.0 Å². The van der Waals surface area contributed by atoms with Crippen molar-refractivity contribution in [2.45, 2.75) is 19.9 Å². The van der Waals surface area contributed by atoms with Gasteiger partial charge in [0.05, 0.1) is 25.0 Å². The van der Waals surface area contributed by atoms with Gasteiger partial charge < -0.3 is 18.9 Å². The number of fused-ring (bicyclic) bond motifs is 2. The van der Waals surface area contributed by atoms with E-state index in [2.05, 4.69) is 4.99 Å². The van der Waals surface area contributed by atoms with Gasteiger partial charge in [-0.15, -0.1) is 0 Å². The highest BCUT2D eigenvalue weighted by Crippen LogP contribution is 2.46. The molecule has 3 heterocycles. The van der Waals surface area contributed by atoms with Crippen molar-refractivity contribution in [2.75, 3.05) is 26.9 Å². The molecule has 0 saturated carbocycles. The van der Waals surface area contributed by atoms with Gasteiger partial charge in [-0.1, -0.05) is 30.0 Å². The van der Waals surface area contributed by atoms with Gasteiger partial charge in [0.2, 0.25) is 0 Å². The predicted octanol–water partition coefficient (Wildman–Crippen LogP) is 4.33. The number of methoxy groups -OCH3 is 1. The number of hydrogen-bond donors (Lipinski definition) is 0. The second kappa shape index (κ2) is 9.50. The second-order valence-electron chi connectivity index (χ2n) is 7.94. The number of carbonyl (C=O) groups excluding carboxylic acids is 2. The fourth-order valence-electron chi connectivity index (χ4n) is 4.29. The molecule has 3 aliphatic heterocycles. The van der Waals surface area contributed by atoms with E-state index in [-0.39, 0.29) is 12.5 Å². The van der Waals surface area contributed by atoms with E-state index >= 15 is 0 Å². The van der Waals surface area contributed by atoms with Crippen molar-refractivity contribution in [1.82, 2.24) is 4.90 Å². The van der Waals surface area contributed by atoms with Crippen LogP contribution < -0.4 is 14.2 Å². The Kier molecular flexibility index (Phi) is 6.25. The third kappa shape index (κ3) is 4.16. The van der Waals surface area contributed by atoms with Crippen LogP contribution in [0.1, 0.15) is 31.0 Å². The molecule has 0 fully saturated rings. The number of amidine groups is 1. The molecule has 0 radical (unpaired) electrons. The zero-order valence-corrected chi connectivity index (χ0v) is 20.4. The summed E-state index contributed by atoms with van der Waals surface area (Å²) in [5, 5.41) is 0.476. The molecule has 9 heteroatoms. The Morgan fingerprint density at radius 3 is 2.71 bits per heavy atom. The maximum absolute atomic E-state index is 13.6. The Labute approximate surface area is 207 Å². The smallest absolute Gasteiger partial charge is 0.338 e. The van der Waals surface area contributed by atoms with Gasteiger partial charge in [-0.05, 0) is 43.7 Å². The van der Waals surface area contributed by atoms with Crippen LogP contribution in [0, 0.1) is 0 Å². The van der Waals surface area contributed by atoms with E-state index in [1.54, 1.807) is 33.1 Å². The van der Waals surface area contributed by atoms with Gasteiger partial charge >= 0.3 is 5.97 Å². The topological polar surface area (TPSA) is 86.7 Å². The lowest BCUT2D eigenvalue weighted by Crippen LogP contribution is -2.44. The van der Waals surface area contributed by atoms with Crippen molar-refractivity contribution in [3.8, 4) is 17.2 Å². The van der Waals surface area contributed by atoms with Crippen LogP contribution in [-0.4, -0.2) is 48.9 Å². The molecule has 2 aromatic carbocycles. The van der Waals surface area contributed by atoms with Crippen LogP contribution in [0.2, 0.25) is 0 Å². The Morgan fingerprint density at radius 2 is 1.94 bits per heavy atom. The lowest BCUT2D eigenvalue weighted by atomic mass is 9.93. The number of nitrogens with zero attached hydrogens (tertiary/aromatic N) is 2. The number of benzene rings is 2. The van der Waals surface area contributed by atoms with E-state index in [0.29, 0.717) is 52.5 Å². The van der Waals surface area contributed by atoms with Crippen LogP contribution in [-0.2, 0) is 14.3 Å². The second-order valence-corrected chi connectivity index (χ2v) is 8.94. The summed E-state index contributed by atoms with van der Waals surface area (Å²) in [5.74, 6) is 1.08. The standard InChI is InChI=1S/C26H24N2O6S/c1-4-32-25(30)23-15(2)27-26-28(24(23)17-7-5-6-8-18(17)31-3)22(29)14-21(35-26)16-9-10-19-20(13-16)34-12-11-33-19/h5-10,13-14,24H,4,11-12H2,1-3H3. The van der Waals surface area contributed by atoms with Crippen molar-refractivity contribution >= 4 is 33.7 Å². The third-order valence-electron chi connectivity index (χ3n) is 5.84. The quantitative estimate of drug-likeness (QED) is 0.574. The van der Waals surface area contributed by atoms with Crippen LogP contribution in [0.3, 0.4) is 0 Å². The van der Waals surface area contributed by atoms with Gasteiger partial charge in [-0.3, -0.25) is 9.69 Å². The fourth-order valence-corrected chi connectivity index (χ4v) is 5.37. The molecule has 0 aliphatic carbocycles. The van der Waals surface area contributed by atoms with Crippen LogP contribution in [0.15, 0.2) is 64.8 Å². The number of carbonyl (C=O) groups is 2. The summed E-state index contributed by atoms with van der Waals surface area (Å²) < 4.78 is 22.2. The number of rotatable bonds is 5. The van der Waals surface area contributed by atoms with E-state index in [9.17, 15) is 9.59 Å². The van der Waals surface area contributed by atoms with Crippen LogP contribution in [0.25, 0.3) is 4.91 Å². The van der Waals surface area contributed by atoms with Gasteiger partial charge in [0, 0.05) is 16.5 Å². The first-order valence-electron chi connectivity index (χ1n) is 11.2. The van der Waals surface area contributed by atoms with Crippen molar-refractivity contribution in [1.29, 1.82) is 0 Å². The maximum atomic E-state index is 13.6. The summed E-state index contributed by atoms with van der Waals surface area (Å²) in [7, 11) is 1.56. The Balaban J connectivity index is 1.60. The number of thioether (sulfide) groups is 1. The number of esters is 1. The molecule has 3 aliphatic rings. The molecule has 0 saturated heterocycles. The van der Waals surface area contributed by atoms with Gasteiger partial charge in [-0.2, -0.15) is 0 Å². The van der Waals surface area contributed by atoms with Crippen molar-refractivity contribution in [3.05, 3.63) is 70.9 Å². The molecule has 5 rings (SSSR count). The average Bonchev–Trinajstić information content (AvgIpc) is 2.87. The highest BCUT2D eigenvalue weighted by Gasteiger charge is 2.43. The van der Waals surface area contributed by atoms with E-state index in [1.807, 2.05) is 36.4 Å². The van der Waals surface area contributed by atoms with Crippen molar-refractivity contribution in [3.63, 3.8) is 0 Å². The summed E-state index contributed by atoms with van der Waals surface area (Å²) in [6.45, 7) is 4.69. The van der Waals surface area contributed by atoms with Gasteiger partial charge in [-0.25, -0.2) is 9.79 Å². The molecule has 1 atom stereocenters. The van der Waals surface area contributed by atoms with E-state index in [4.69, 9.17) is 18.9 Å². The first-order valence-corrected chi connectivity index (χ1v) is 12.1. The monoisotopic (exact) mass is 492 g/mol. The molecule has 0 bridgehead atoms. The molecule has 35 heavy (non-hydrogen) atoms. The minimum absolute atomic E-state index is 0.210. The van der Waals surface area contributed by atoms with E-state index in [0.717, 1.165) is 10.5 Å². The van der Waals surface area contributed by atoms with Crippen LogP contribution in [0.4, 0.5) is 0 Å². The lowest BCUT2D eigenvalue weighted by molar-refractivity contribution is -0.139. The fraction of sp³-hybridized carbons (Fsp3) is 0.269. The summed E-state index contributed by atoms with van der Waals surface area (Å²) in [4.78, 5) is 33.5. The first-order chi connectivity index (χ1) is 17.0. The zero-order chi connectivity index (χ0) is 24.5. The summed E-state index contributed by atoms with van der Waals surface area (Å²) in [6, 6.07) is 12.2. The Bertz CT molecular complexity index is 1300. The number of para-hydroxylation sites is 1. The largest absolute Gasteiger partial charge is 0.496 e. The van der Waals surface area contributed by atoms with Gasteiger partial charge in [0.1, 0.15) is 25.0 Å². The lowest BCUT2D eigenvalue weighted by Gasteiger charge is -2.38. The van der Waals surface area contributed by atoms with Crippen LogP contribution in [0.5, 0.6) is 17.2 Å². The highest BCUT2D eigenvalue weighted by atomic mass is 32.2. The summed E-state index contributed by atoms with van der Waals surface area (Å²) in [5.41, 5.74) is 2.30. The minimum Gasteiger partial charge on any atom is -0.496 e. The zero-order valence-electron chi connectivity index (χ0n) is 19.6. The molecule has 8 nitrogen and oxygen atoms in total. The number of hydrogen-bond acceptors (Lipinski definition) is 8. The molecule has 0 spiro atoms. The minimum atomic E-state index is -0.740. The molecule has 2 aromatic rings. The third-order valence-corrected chi connectivity index (χ3v) is 6.88. The summed E-state index contributed by atoms with van der Waals surface area (Å²) >= 11 is 1.36. The molecule has 1 amide bonds. The maximum Gasteiger partial charge on any atom is 0.338 e. The Morgan fingerprint density at radius 1 is 1.17 bits per heavy atom. The highest BCUT2D eigenvalue weighted by molar-refractivity contribution is 8.21. The molecule has 180 valence electrons. The number of aliphatic imine (C=N–C) groups is 1. The molecular formula is C26H24N2O6S. The SMILES string of the molecule is CCOC(=O)C1=C(C)N=C2SC(c3ccc4c(c3)OCCO4)=CC(=O)N2C1c1ccccc1OC. The molecular weight excluding hydrogens is 468 g/mol. The predicted molar refractivity (Wildman–Crippen MR) is 132 cm³/mol. The molecule has 0 aromatic heterocycles. The average molecular weight is 493 g/mol.